The molecule has 2 aromatic carbocycles. The van der Waals surface area contributed by atoms with Gasteiger partial charge in [0.15, 0.2) is 5.96 Å². The van der Waals surface area contributed by atoms with E-state index in [9.17, 15) is 0 Å². The molecule has 29 heavy (non-hydrogen) atoms. The minimum atomic E-state index is 0. The van der Waals surface area contributed by atoms with Crippen LogP contribution in [0.25, 0.3) is 0 Å². The fourth-order valence-electron chi connectivity index (χ4n) is 3.75. The summed E-state index contributed by atoms with van der Waals surface area (Å²) < 4.78 is 5.47. The summed E-state index contributed by atoms with van der Waals surface area (Å²) in [5, 5.41) is 6.92. The van der Waals surface area contributed by atoms with Crippen LogP contribution in [0.3, 0.4) is 0 Å². The van der Waals surface area contributed by atoms with Crippen molar-refractivity contribution in [3.05, 3.63) is 59.7 Å². The predicted molar refractivity (Wildman–Crippen MR) is 133 cm³/mol. The zero-order valence-corrected chi connectivity index (χ0v) is 20.0. The van der Waals surface area contributed by atoms with E-state index in [0.29, 0.717) is 5.92 Å². The van der Waals surface area contributed by atoms with Crippen LogP contribution in [0.1, 0.15) is 17.5 Å². The zero-order valence-electron chi connectivity index (χ0n) is 17.6. The largest absolute Gasteiger partial charge is 0.496 e. The maximum atomic E-state index is 5.47. The molecule has 0 aliphatic carbocycles. The second-order valence-electron chi connectivity index (χ2n) is 7.38. The monoisotopic (exact) mass is 508 g/mol. The van der Waals surface area contributed by atoms with E-state index in [1.165, 1.54) is 23.2 Å². The van der Waals surface area contributed by atoms with Crippen LogP contribution in [0.4, 0.5) is 5.69 Å². The number of hydrogen-bond acceptors (Lipinski definition) is 3. The number of aryl methyl sites for hydroxylation is 1. The molecule has 1 heterocycles. The second kappa shape index (κ2) is 11.9. The first-order valence-corrected chi connectivity index (χ1v) is 10.1. The Bertz CT molecular complexity index is 782. The smallest absolute Gasteiger partial charge is 0.190 e. The standard InChI is InChI=1S/C23H32N4O.HI/c1-18-9-10-22(28-3)20(15-18)11-13-25-23(24-2)26-16-19-12-14-27(17-19)21-7-5-4-6-8-21;/h4-10,15,19H,11-14,16-17H2,1-3H3,(H2,24,25,26);1H. The van der Waals surface area contributed by atoms with E-state index < -0.39 is 0 Å². The summed E-state index contributed by atoms with van der Waals surface area (Å²) in [4.78, 5) is 6.83. The van der Waals surface area contributed by atoms with Crippen molar-refractivity contribution in [1.82, 2.24) is 10.6 Å². The van der Waals surface area contributed by atoms with Gasteiger partial charge in [-0.05, 0) is 49.4 Å². The fourth-order valence-corrected chi connectivity index (χ4v) is 3.75. The molecule has 6 heteroatoms. The van der Waals surface area contributed by atoms with Crippen LogP contribution in [0.2, 0.25) is 0 Å². The molecule has 3 rings (SSSR count). The van der Waals surface area contributed by atoms with Crippen molar-refractivity contribution in [3.8, 4) is 5.75 Å². The highest BCUT2D eigenvalue weighted by molar-refractivity contribution is 14.0. The van der Waals surface area contributed by atoms with Gasteiger partial charge in [0.25, 0.3) is 0 Å². The molecule has 2 aromatic rings. The number of guanidine groups is 1. The van der Waals surface area contributed by atoms with E-state index in [1.807, 2.05) is 13.1 Å². The number of hydrogen-bond donors (Lipinski definition) is 2. The van der Waals surface area contributed by atoms with Crippen molar-refractivity contribution < 1.29 is 4.74 Å². The Kier molecular flexibility index (Phi) is 9.57. The first-order chi connectivity index (χ1) is 13.7. The van der Waals surface area contributed by atoms with E-state index in [2.05, 4.69) is 69.9 Å². The number of rotatable bonds is 7. The Morgan fingerprint density at radius 3 is 2.69 bits per heavy atom. The summed E-state index contributed by atoms with van der Waals surface area (Å²) in [5.41, 5.74) is 3.79. The first-order valence-electron chi connectivity index (χ1n) is 10.1. The van der Waals surface area contributed by atoms with Crippen LogP contribution in [0, 0.1) is 12.8 Å². The number of methoxy groups -OCH3 is 1. The molecular formula is C23H33IN4O. The third-order valence-electron chi connectivity index (χ3n) is 5.31. The molecule has 1 aliphatic heterocycles. The number of para-hydroxylation sites is 1. The van der Waals surface area contributed by atoms with Crippen LogP contribution in [-0.4, -0.2) is 46.3 Å². The molecule has 1 aliphatic rings. The van der Waals surface area contributed by atoms with E-state index in [1.54, 1.807) is 7.11 Å². The maximum absolute atomic E-state index is 5.47. The van der Waals surface area contributed by atoms with Crippen LogP contribution in [0.15, 0.2) is 53.5 Å². The summed E-state index contributed by atoms with van der Waals surface area (Å²) in [6.45, 7) is 6.08. The van der Waals surface area contributed by atoms with Crippen molar-refractivity contribution in [1.29, 1.82) is 0 Å². The SMILES string of the molecule is CN=C(NCCc1cc(C)ccc1OC)NCC1CCN(c2ccccc2)C1.I. The van der Waals surface area contributed by atoms with E-state index in [4.69, 9.17) is 4.74 Å². The lowest BCUT2D eigenvalue weighted by molar-refractivity contribution is 0.409. The zero-order chi connectivity index (χ0) is 19.8. The minimum Gasteiger partial charge on any atom is -0.496 e. The highest BCUT2D eigenvalue weighted by atomic mass is 127. The molecule has 158 valence electrons. The Labute approximate surface area is 192 Å². The van der Waals surface area contributed by atoms with Gasteiger partial charge in [-0.25, -0.2) is 0 Å². The van der Waals surface area contributed by atoms with Gasteiger partial charge >= 0.3 is 0 Å². The lowest BCUT2D eigenvalue weighted by atomic mass is 10.1. The fraction of sp³-hybridized carbons (Fsp3) is 0.435. The van der Waals surface area contributed by atoms with Gasteiger partial charge in [0.05, 0.1) is 7.11 Å². The molecule has 1 saturated heterocycles. The Hall–Kier alpha value is -1.96. The summed E-state index contributed by atoms with van der Waals surface area (Å²) in [6, 6.07) is 17.0. The number of aliphatic imine (C=N–C) groups is 1. The normalized spacial score (nSPS) is 16.3. The molecule has 1 unspecified atom stereocenters. The third kappa shape index (κ3) is 6.80. The highest BCUT2D eigenvalue weighted by Crippen LogP contribution is 2.23. The predicted octanol–water partition coefficient (Wildman–Crippen LogP) is 3.86. The van der Waals surface area contributed by atoms with Crippen LogP contribution in [0.5, 0.6) is 5.75 Å². The quantitative estimate of drug-likeness (QED) is 0.339. The van der Waals surface area contributed by atoms with Gasteiger partial charge in [-0.1, -0.05) is 35.9 Å². The van der Waals surface area contributed by atoms with E-state index >= 15 is 0 Å². The van der Waals surface area contributed by atoms with Gasteiger partial charge in [0.2, 0.25) is 0 Å². The van der Waals surface area contributed by atoms with Gasteiger partial charge in [0.1, 0.15) is 5.75 Å². The van der Waals surface area contributed by atoms with E-state index in [0.717, 1.165) is 44.3 Å². The maximum Gasteiger partial charge on any atom is 0.190 e. The number of anilines is 1. The van der Waals surface area contributed by atoms with Crippen molar-refractivity contribution in [2.24, 2.45) is 10.9 Å². The molecule has 0 bridgehead atoms. The molecule has 5 nitrogen and oxygen atoms in total. The van der Waals surface area contributed by atoms with E-state index in [-0.39, 0.29) is 24.0 Å². The Balaban J connectivity index is 0.00000300. The average Bonchev–Trinajstić information content (AvgIpc) is 3.20. The van der Waals surface area contributed by atoms with Crippen molar-refractivity contribution in [3.63, 3.8) is 0 Å². The summed E-state index contributed by atoms with van der Waals surface area (Å²) in [5.74, 6) is 2.45. The topological polar surface area (TPSA) is 48.9 Å². The van der Waals surface area contributed by atoms with Crippen LogP contribution in [-0.2, 0) is 6.42 Å². The first kappa shape index (κ1) is 23.3. The van der Waals surface area contributed by atoms with Gasteiger partial charge in [-0.2, -0.15) is 0 Å². The molecule has 0 aromatic heterocycles. The number of halogens is 1. The van der Waals surface area contributed by atoms with Gasteiger partial charge in [-0.3, -0.25) is 4.99 Å². The summed E-state index contributed by atoms with van der Waals surface area (Å²) >= 11 is 0. The molecular weight excluding hydrogens is 475 g/mol. The molecule has 1 atom stereocenters. The van der Waals surface area contributed by atoms with Crippen LogP contribution < -0.4 is 20.3 Å². The lowest BCUT2D eigenvalue weighted by Gasteiger charge is -2.19. The second-order valence-corrected chi connectivity index (χ2v) is 7.38. The highest BCUT2D eigenvalue weighted by Gasteiger charge is 2.22. The van der Waals surface area contributed by atoms with Gasteiger partial charge in [0, 0.05) is 38.9 Å². The third-order valence-corrected chi connectivity index (χ3v) is 5.31. The van der Waals surface area contributed by atoms with Gasteiger partial charge < -0.3 is 20.3 Å². The van der Waals surface area contributed by atoms with Crippen molar-refractivity contribution in [2.75, 3.05) is 45.2 Å². The summed E-state index contributed by atoms with van der Waals surface area (Å²) in [6.07, 6.45) is 2.11. The van der Waals surface area contributed by atoms with Crippen molar-refractivity contribution >= 4 is 35.6 Å². The lowest BCUT2D eigenvalue weighted by Crippen LogP contribution is -2.41. The number of ether oxygens (including phenoxy) is 1. The molecule has 1 fully saturated rings. The van der Waals surface area contributed by atoms with Gasteiger partial charge in [-0.15, -0.1) is 24.0 Å². The number of nitrogens with one attached hydrogen (secondary N) is 2. The molecule has 0 saturated carbocycles. The number of nitrogens with zero attached hydrogens (tertiary/aromatic N) is 2. The number of benzene rings is 2. The molecule has 0 radical (unpaired) electrons. The molecule has 0 amide bonds. The van der Waals surface area contributed by atoms with Crippen molar-refractivity contribution in [2.45, 2.75) is 19.8 Å². The molecule has 0 spiro atoms. The molecule has 2 N–H and O–H groups in total. The average molecular weight is 508 g/mol. The Morgan fingerprint density at radius 1 is 1.17 bits per heavy atom. The Morgan fingerprint density at radius 2 is 1.97 bits per heavy atom. The summed E-state index contributed by atoms with van der Waals surface area (Å²) in [7, 11) is 3.55. The minimum absolute atomic E-state index is 0. The van der Waals surface area contributed by atoms with Crippen LogP contribution >= 0.6 is 24.0 Å².